The molecule has 24 heavy (non-hydrogen) atoms. The largest absolute Gasteiger partial charge is 0.478 e. The summed E-state index contributed by atoms with van der Waals surface area (Å²) in [5, 5.41) is 12.8. The molecule has 1 saturated carbocycles. The number of benzene rings is 2. The highest BCUT2D eigenvalue weighted by molar-refractivity contribution is 6.16. The quantitative estimate of drug-likeness (QED) is 0.802. The van der Waals surface area contributed by atoms with Crippen molar-refractivity contribution in [1.82, 2.24) is 0 Å². The minimum atomic E-state index is -1.09. The smallest absolute Gasteiger partial charge is 0.336 e. The normalized spacial score (nSPS) is 15.0. The van der Waals surface area contributed by atoms with E-state index in [0.29, 0.717) is 11.6 Å². The molecule has 0 aliphatic heterocycles. The average Bonchev–Trinajstić information content (AvgIpc) is 2.62. The highest BCUT2D eigenvalue weighted by Crippen LogP contribution is 2.26. The molecule has 2 aromatic rings. The van der Waals surface area contributed by atoms with Crippen LogP contribution in [-0.2, 0) is 0 Å². The van der Waals surface area contributed by atoms with Gasteiger partial charge in [-0.1, -0.05) is 49.6 Å². The van der Waals surface area contributed by atoms with E-state index in [1.54, 1.807) is 24.3 Å². The molecule has 0 amide bonds. The molecule has 0 aromatic heterocycles. The summed E-state index contributed by atoms with van der Waals surface area (Å²) in [6.45, 7) is 0. The van der Waals surface area contributed by atoms with Crippen LogP contribution >= 0.6 is 0 Å². The minimum Gasteiger partial charge on any atom is -0.478 e. The van der Waals surface area contributed by atoms with Gasteiger partial charge >= 0.3 is 5.97 Å². The van der Waals surface area contributed by atoms with Gasteiger partial charge in [-0.25, -0.2) is 4.79 Å². The van der Waals surface area contributed by atoms with Crippen molar-refractivity contribution in [2.24, 2.45) is 0 Å². The number of rotatable bonds is 5. The standard InChI is InChI=1S/C20H21NO3/c22-19(15-10-4-5-11-16(15)20(23)24)17-12-6-7-13-18(17)21-14-8-2-1-3-9-14/h4-7,10-14,21H,1-3,8-9H2,(H,23,24). The number of carboxylic acids is 1. The Morgan fingerprint density at radius 2 is 1.42 bits per heavy atom. The van der Waals surface area contributed by atoms with Crippen molar-refractivity contribution >= 4 is 17.4 Å². The van der Waals surface area contributed by atoms with E-state index in [4.69, 9.17) is 0 Å². The lowest BCUT2D eigenvalue weighted by Crippen LogP contribution is -2.23. The van der Waals surface area contributed by atoms with Gasteiger partial charge < -0.3 is 10.4 Å². The van der Waals surface area contributed by atoms with Crippen molar-refractivity contribution in [2.45, 2.75) is 38.1 Å². The topological polar surface area (TPSA) is 66.4 Å². The number of aromatic carboxylic acids is 1. The first-order chi connectivity index (χ1) is 11.7. The van der Waals surface area contributed by atoms with Crippen LogP contribution in [0.3, 0.4) is 0 Å². The summed E-state index contributed by atoms with van der Waals surface area (Å²) >= 11 is 0. The number of carbonyl (C=O) groups excluding carboxylic acids is 1. The average molecular weight is 323 g/mol. The lowest BCUT2D eigenvalue weighted by Gasteiger charge is -2.25. The van der Waals surface area contributed by atoms with Crippen LogP contribution in [0.4, 0.5) is 5.69 Å². The number of carbonyl (C=O) groups is 2. The van der Waals surface area contributed by atoms with Gasteiger partial charge in [-0.05, 0) is 31.0 Å². The zero-order valence-corrected chi connectivity index (χ0v) is 13.5. The van der Waals surface area contributed by atoms with Crippen molar-refractivity contribution in [3.63, 3.8) is 0 Å². The van der Waals surface area contributed by atoms with E-state index >= 15 is 0 Å². The van der Waals surface area contributed by atoms with E-state index in [1.165, 1.54) is 25.3 Å². The molecule has 0 spiro atoms. The van der Waals surface area contributed by atoms with Gasteiger partial charge in [0.05, 0.1) is 5.56 Å². The van der Waals surface area contributed by atoms with Crippen LogP contribution in [0.15, 0.2) is 48.5 Å². The molecule has 1 aliphatic rings. The maximum atomic E-state index is 12.9. The Labute approximate surface area is 141 Å². The fourth-order valence-electron chi connectivity index (χ4n) is 3.29. The Morgan fingerprint density at radius 3 is 2.08 bits per heavy atom. The van der Waals surface area contributed by atoms with Crippen LogP contribution in [0, 0.1) is 0 Å². The first-order valence-corrected chi connectivity index (χ1v) is 8.39. The Morgan fingerprint density at radius 1 is 0.833 bits per heavy atom. The third kappa shape index (κ3) is 3.48. The number of ketones is 1. The minimum absolute atomic E-state index is 0.0370. The van der Waals surface area contributed by atoms with Crippen molar-refractivity contribution in [3.8, 4) is 0 Å². The number of anilines is 1. The Kier molecular flexibility index (Phi) is 4.94. The maximum absolute atomic E-state index is 12.9. The second kappa shape index (κ2) is 7.30. The molecule has 0 saturated heterocycles. The highest BCUT2D eigenvalue weighted by Gasteiger charge is 2.21. The molecular formula is C20H21NO3. The molecule has 0 atom stereocenters. The highest BCUT2D eigenvalue weighted by atomic mass is 16.4. The molecule has 0 bridgehead atoms. The molecule has 0 radical (unpaired) electrons. The molecule has 0 heterocycles. The second-order valence-electron chi connectivity index (χ2n) is 6.20. The van der Waals surface area contributed by atoms with E-state index in [0.717, 1.165) is 18.5 Å². The van der Waals surface area contributed by atoms with Crippen LogP contribution in [0.1, 0.15) is 58.4 Å². The van der Waals surface area contributed by atoms with Gasteiger partial charge in [0.15, 0.2) is 5.78 Å². The van der Waals surface area contributed by atoms with Crippen LogP contribution in [0.2, 0.25) is 0 Å². The SMILES string of the molecule is O=C(O)c1ccccc1C(=O)c1ccccc1NC1CCCCC1. The van der Waals surface area contributed by atoms with Gasteiger partial charge in [-0.3, -0.25) is 4.79 Å². The van der Waals surface area contributed by atoms with E-state index < -0.39 is 5.97 Å². The van der Waals surface area contributed by atoms with Crippen LogP contribution in [-0.4, -0.2) is 22.9 Å². The first-order valence-electron chi connectivity index (χ1n) is 8.39. The molecule has 3 rings (SSSR count). The van der Waals surface area contributed by atoms with E-state index in [1.807, 2.05) is 18.2 Å². The van der Waals surface area contributed by atoms with Crippen molar-refractivity contribution in [2.75, 3.05) is 5.32 Å². The van der Waals surface area contributed by atoms with Gasteiger partial charge in [-0.15, -0.1) is 0 Å². The van der Waals surface area contributed by atoms with E-state index in [2.05, 4.69) is 5.32 Å². The van der Waals surface area contributed by atoms with Crippen LogP contribution < -0.4 is 5.32 Å². The molecule has 0 unspecified atom stereocenters. The Balaban J connectivity index is 1.92. The summed E-state index contributed by atoms with van der Waals surface area (Å²) in [4.78, 5) is 24.3. The fourth-order valence-corrected chi connectivity index (χ4v) is 3.29. The van der Waals surface area contributed by atoms with Crippen molar-refractivity contribution < 1.29 is 14.7 Å². The van der Waals surface area contributed by atoms with E-state index in [9.17, 15) is 14.7 Å². The molecular weight excluding hydrogens is 302 g/mol. The third-order valence-corrected chi connectivity index (χ3v) is 4.54. The lowest BCUT2D eigenvalue weighted by molar-refractivity contribution is 0.0693. The molecule has 124 valence electrons. The predicted octanol–water partition coefficient (Wildman–Crippen LogP) is 4.36. The zero-order valence-electron chi connectivity index (χ0n) is 13.5. The molecule has 1 fully saturated rings. The summed E-state index contributed by atoms with van der Waals surface area (Å²) in [7, 11) is 0. The molecule has 2 N–H and O–H groups in total. The Hall–Kier alpha value is -2.62. The van der Waals surface area contributed by atoms with E-state index in [-0.39, 0.29) is 16.9 Å². The second-order valence-corrected chi connectivity index (χ2v) is 6.20. The lowest BCUT2D eigenvalue weighted by atomic mass is 9.93. The third-order valence-electron chi connectivity index (χ3n) is 4.54. The summed E-state index contributed by atoms with van der Waals surface area (Å²) in [5.41, 5.74) is 1.57. The number of nitrogens with one attached hydrogen (secondary N) is 1. The molecule has 4 heteroatoms. The number of hydrogen-bond acceptors (Lipinski definition) is 3. The monoisotopic (exact) mass is 323 g/mol. The van der Waals surface area contributed by atoms with Crippen molar-refractivity contribution in [1.29, 1.82) is 0 Å². The van der Waals surface area contributed by atoms with Gasteiger partial charge in [0, 0.05) is 22.9 Å². The number of hydrogen-bond donors (Lipinski definition) is 2. The number of para-hydroxylation sites is 1. The van der Waals surface area contributed by atoms with Gasteiger partial charge in [0.1, 0.15) is 0 Å². The Bertz CT molecular complexity index is 748. The van der Waals surface area contributed by atoms with Gasteiger partial charge in [0.2, 0.25) is 0 Å². The van der Waals surface area contributed by atoms with Crippen molar-refractivity contribution in [3.05, 3.63) is 65.2 Å². The number of carboxylic acid groups (broad SMARTS) is 1. The molecule has 1 aliphatic carbocycles. The molecule has 2 aromatic carbocycles. The van der Waals surface area contributed by atoms with Crippen LogP contribution in [0.25, 0.3) is 0 Å². The van der Waals surface area contributed by atoms with Crippen LogP contribution in [0.5, 0.6) is 0 Å². The maximum Gasteiger partial charge on any atom is 0.336 e. The summed E-state index contributed by atoms with van der Waals surface area (Å²) in [6.07, 6.45) is 5.89. The zero-order chi connectivity index (χ0) is 16.9. The first kappa shape index (κ1) is 16.2. The summed E-state index contributed by atoms with van der Waals surface area (Å²) in [6, 6.07) is 14.1. The summed E-state index contributed by atoms with van der Waals surface area (Å²) < 4.78 is 0. The fraction of sp³-hybridized carbons (Fsp3) is 0.300. The van der Waals surface area contributed by atoms with Gasteiger partial charge in [-0.2, -0.15) is 0 Å². The summed E-state index contributed by atoms with van der Waals surface area (Å²) in [5.74, 6) is -1.34. The van der Waals surface area contributed by atoms with Gasteiger partial charge in [0.25, 0.3) is 0 Å². The molecule has 4 nitrogen and oxygen atoms in total. The predicted molar refractivity (Wildman–Crippen MR) is 93.8 cm³/mol.